The van der Waals surface area contributed by atoms with Gasteiger partial charge in [0.25, 0.3) is 0 Å². The third-order valence-corrected chi connectivity index (χ3v) is 2.94. The fourth-order valence-corrected chi connectivity index (χ4v) is 1.88. The van der Waals surface area contributed by atoms with E-state index < -0.39 is 0 Å². The second-order valence-electron chi connectivity index (χ2n) is 5.29. The molecule has 0 radical (unpaired) electrons. The van der Waals surface area contributed by atoms with E-state index in [0.29, 0.717) is 0 Å². The first-order valence-corrected chi connectivity index (χ1v) is 5.35. The van der Waals surface area contributed by atoms with Crippen LogP contribution in [0.3, 0.4) is 0 Å². The molecule has 1 aliphatic rings. The topological polar surface area (TPSA) is 15.3 Å². The smallest absolute Gasteiger partial charge is 0.0766 e. The molecule has 0 atom stereocenters. The molecule has 0 amide bonds. The van der Waals surface area contributed by atoms with Crippen LogP contribution >= 0.6 is 0 Å². The van der Waals surface area contributed by atoms with Crippen LogP contribution in [-0.2, 0) is 0 Å². The van der Waals surface area contributed by atoms with Gasteiger partial charge < -0.3 is 5.32 Å². The Morgan fingerprint density at radius 3 is 2.64 bits per heavy atom. The molecular weight excluding hydrogens is 172 g/mol. The molecule has 1 aliphatic heterocycles. The Kier molecular flexibility index (Phi) is 3.24. The van der Waals surface area contributed by atoms with Crippen molar-refractivity contribution in [3.05, 3.63) is 0 Å². The highest BCUT2D eigenvalue weighted by Gasteiger charge is 2.31. The van der Waals surface area contributed by atoms with Gasteiger partial charge >= 0.3 is 0 Å². The molecule has 0 aromatic carbocycles. The Morgan fingerprint density at radius 2 is 2.07 bits per heavy atom. The number of rotatable bonds is 1. The minimum Gasteiger partial charge on any atom is -0.310 e. The lowest BCUT2D eigenvalue weighted by Gasteiger charge is -2.38. The first-order valence-electron chi connectivity index (χ1n) is 5.35. The molecule has 1 fully saturated rings. The van der Waals surface area contributed by atoms with Gasteiger partial charge in [0.2, 0.25) is 0 Å². The predicted molar refractivity (Wildman–Crippen MR) is 61.2 cm³/mol. The van der Waals surface area contributed by atoms with Gasteiger partial charge in [-0.3, -0.25) is 4.90 Å². The summed E-state index contributed by atoms with van der Waals surface area (Å²) in [6.07, 6.45) is 6.74. The lowest BCUT2D eigenvalue weighted by Crippen LogP contribution is -2.52. The Balaban J connectivity index is 2.75. The number of hydrogen-bond acceptors (Lipinski definition) is 2. The molecule has 2 heteroatoms. The highest BCUT2D eigenvalue weighted by Crippen LogP contribution is 2.19. The molecule has 1 rings (SSSR count). The molecule has 0 bridgehead atoms. The van der Waals surface area contributed by atoms with Gasteiger partial charge in [0.1, 0.15) is 0 Å². The zero-order valence-corrected chi connectivity index (χ0v) is 9.85. The van der Waals surface area contributed by atoms with E-state index in [9.17, 15) is 0 Å². The van der Waals surface area contributed by atoms with E-state index in [1.807, 2.05) is 0 Å². The number of terminal acetylenes is 1. The van der Waals surface area contributed by atoms with E-state index in [2.05, 4.69) is 43.8 Å². The summed E-state index contributed by atoms with van der Waals surface area (Å²) < 4.78 is 0. The maximum atomic E-state index is 5.56. The van der Waals surface area contributed by atoms with Crippen LogP contribution in [-0.4, -0.2) is 35.6 Å². The van der Waals surface area contributed by atoms with Gasteiger partial charge in [-0.15, -0.1) is 6.42 Å². The molecule has 0 aliphatic carbocycles. The van der Waals surface area contributed by atoms with Gasteiger partial charge in [-0.25, -0.2) is 0 Å². The molecular formula is C12H22N2. The van der Waals surface area contributed by atoms with Crippen molar-refractivity contribution in [2.45, 2.75) is 45.2 Å². The minimum atomic E-state index is -0.122. The van der Waals surface area contributed by atoms with Crippen LogP contribution in [0.25, 0.3) is 0 Å². The molecule has 1 heterocycles. The number of hydrogen-bond donors (Lipinski definition) is 1. The van der Waals surface area contributed by atoms with E-state index in [0.717, 1.165) is 19.6 Å². The fourth-order valence-electron chi connectivity index (χ4n) is 1.88. The standard InChI is InChI=1S/C12H22N2/c1-6-12(4,5)14-9-7-8-13-11(2,3)10-14/h1,13H,7-10H2,2-5H3. The lowest BCUT2D eigenvalue weighted by atomic mass is 9.99. The van der Waals surface area contributed by atoms with E-state index in [4.69, 9.17) is 6.42 Å². The third kappa shape index (κ3) is 2.73. The van der Waals surface area contributed by atoms with Crippen LogP contribution in [0, 0.1) is 12.3 Å². The van der Waals surface area contributed by atoms with Crippen molar-refractivity contribution < 1.29 is 0 Å². The minimum absolute atomic E-state index is 0.122. The molecule has 2 nitrogen and oxygen atoms in total. The van der Waals surface area contributed by atoms with Crippen molar-refractivity contribution in [2.24, 2.45) is 0 Å². The van der Waals surface area contributed by atoms with E-state index in [-0.39, 0.29) is 11.1 Å². The molecule has 0 spiro atoms. The summed E-state index contributed by atoms with van der Waals surface area (Å²) in [7, 11) is 0. The van der Waals surface area contributed by atoms with Gasteiger partial charge in [-0.2, -0.15) is 0 Å². The van der Waals surface area contributed by atoms with Crippen molar-refractivity contribution in [2.75, 3.05) is 19.6 Å². The summed E-state index contributed by atoms with van der Waals surface area (Å²) >= 11 is 0. The van der Waals surface area contributed by atoms with Crippen molar-refractivity contribution in [1.82, 2.24) is 10.2 Å². The quantitative estimate of drug-likeness (QED) is 0.636. The van der Waals surface area contributed by atoms with Crippen molar-refractivity contribution >= 4 is 0 Å². The van der Waals surface area contributed by atoms with E-state index in [1.54, 1.807) is 0 Å². The average Bonchev–Trinajstić information content (AvgIpc) is 2.26. The molecule has 0 aromatic heterocycles. The highest BCUT2D eigenvalue weighted by atomic mass is 15.2. The molecule has 80 valence electrons. The molecule has 1 saturated heterocycles. The van der Waals surface area contributed by atoms with Crippen molar-refractivity contribution in [1.29, 1.82) is 0 Å². The first kappa shape index (κ1) is 11.6. The number of nitrogens with one attached hydrogen (secondary N) is 1. The monoisotopic (exact) mass is 194 g/mol. The summed E-state index contributed by atoms with van der Waals surface area (Å²) in [5.41, 5.74) is 0.0495. The van der Waals surface area contributed by atoms with E-state index in [1.165, 1.54) is 6.42 Å². The van der Waals surface area contributed by atoms with Crippen LogP contribution in [0.5, 0.6) is 0 Å². The van der Waals surface area contributed by atoms with Crippen molar-refractivity contribution in [3.8, 4) is 12.3 Å². The van der Waals surface area contributed by atoms with Crippen LogP contribution in [0.1, 0.15) is 34.1 Å². The maximum absolute atomic E-state index is 5.56. The molecule has 0 unspecified atom stereocenters. The van der Waals surface area contributed by atoms with Gasteiger partial charge in [0.05, 0.1) is 5.54 Å². The van der Waals surface area contributed by atoms with Crippen LogP contribution in [0.4, 0.5) is 0 Å². The maximum Gasteiger partial charge on any atom is 0.0766 e. The zero-order valence-electron chi connectivity index (χ0n) is 9.85. The SMILES string of the molecule is C#CC(C)(C)N1CCCNC(C)(C)C1. The number of nitrogens with zero attached hydrogens (tertiary/aromatic N) is 1. The highest BCUT2D eigenvalue weighted by molar-refractivity contribution is 5.10. The van der Waals surface area contributed by atoms with Gasteiger partial charge in [0, 0.05) is 18.6 Å². The Labute approximate surface area is 88.1 Å². The van der Waals surface area contributed by atoms with Gasteiger partial charge in [-0.1, -0.05) is 5.92 Å². The molecule has 14 heavy (non-hydrogen) atoms. The molecule has 0 saturated carbocycles. The summed E-state index contributed by atoms with van der Waals surface area (Å²) in [6, 6.07) is 0. The Hall–Kier alpha value is -0.520. The fraction of sp³-hybridized carbons (Fsp3) is 0.833. The third-order valence-electron chi connectivity index (χ3n) is 2.94. The zero-order chi connectivity index (χ0) is 10.8. The predicted octanol–water partition coefficient (Wildman–Crippen LogP) is 1.47. The average molecular weight is 194 g/mol. The van der Waals surface area contributed by atoms with Crippen LogP contribution in [0.2, 0.25) is 0 Å². The molecule has 0 aromatic rings. The van der Waals surface area contributed by atoms with Crippen LogP contribution < -0.4 is 5.32 Å². The summed E-state index contributed by atoms with van der Waals surface area (Å²) in [5.74, 6) is 2.87. The second kappa shape index (κ2) is 3.92. The van der Waals surface area contributed by atoms with Crippen molar-refractivity contribution in [3.63, 3.8) is 0 Å². The first-order chi connectivity index (χ1) is 6.37. The van der Waals surface area contributed by atoms with E-state index >= 15 is 0 Å². The summed E-state index contributed by atoms with van der Waals surface area (Å²) in [6.45, 7) is 11.9. The normalized spacial score (nSPS) is 23.9. The summed E-state index contributed by atoms with van der Waals surface area (Å²) in [5, 5.41) is 3.54. The Bertz CT molecular complexity index is 235. The second-order valence-corrected chi connectivity index (χ2v) is 5.29. The van der Waals surface area contributed by atoms with Gasteiger partial charge in [-0.05, 0) is 40.7 Å². The molecule has 1 N–H and O–H groups in total. The summed E-state index contributed by atoms with van der Waals surface area (Å²) in [4.78, 5) is 2.40. The van der Waals surface area contributed by atoms with Gasteiger partial charge in [0.15, 0.2) is 0 Å². The lowest BCUT2D eigenvalue weighted by molar-refractivity contribution is 0.146. The Morgan fingerprint density at radius 1 is 1.43 bits per heavy atom. The largest absolute Gasteiger partial charge is 0.310 e. The van der Waals surface area contributed by atoms with Crippen LogP contribution in [0.15, 0.2) is 0 Å².